The van der Waals surface area contributed by atoms with E-state index in [1.54, 1.807) is 0 Å². The number of aliphatic hydroxyl groups is 2. The van der Waals surface area contributed by atoms with Crippen molar-refractivity contribution in [1.82, 2.24) is 9.55 Å². The number of rotatable bonds is 6. The van der Waals surface area contributed by atoms with Crippen LogP contribution in [-0.2, 0) is 4.74 Å². The molecule has 0 aliphatic carbocycles. The Kier molecular flexibility index (Phi) is 4.92. The Balaban J connectivity index is 3.15. The third-order valence-corrected chi connectivity index (χ3v) is 2.50. The third-order valence-electron chi connectivity index (χ3n) is 2.50. The van der Waals surface area contributed by atoms with Crippen molar-refractivity contribution in [2.45, 2.75) is 24.7 Å². The fraction of sp³-hybridized carbons (Fsp3) is 0.600. The first kappa shape index (κ1) is 15.5. The minimum atomic E-state index is -3.78. The molecule has 108 valence electrons. The number of nitrogens with zero attached hydrogens (tertiary/aromatic N) is 2. The molecule has 1 aromatic rings. The van der Waals surface area contributed by atoms with E-state index in [-0.39, 0.29) is 5.82 Å². The lowest BCUT2D eigenvalue weighted by atomic mass is 10.1. The zero-order valence-electron chi connectivity index (χ0n) is 10.2. The molecule has 0 radical (unpaired) electrons. The maximum Gasteiger partial charge on any atom is 0.351 e. The van der Waals surface area contributed by atoms with Gasteiger partial charge in [-0.2, -0.15) is 13.8 Å². The number of nitrogen functional groups attached to an aromatic ring is 1. The number of halogens is 2. The van der Waals surface area contributed by atoms with Crippen LogP contribution < -0.4 is 11.4 Å². The van der Waals surface area contributed by atoms with Crippen LogP contribution in [-0.4, -0.2) is 45.5 Å². The van der Waals surface area contributed by atoms with E-state index in [0.29, 0.717) is 4.57 Å². The summed E-state index contributed by atoms with van der Waals surface area (Å²) in [6, 6.07) is 1.15. The van der Waals surface area contributed by atoms with Crippen molar-refractivity contribution in [3.63, 3.8) is 0 Å². The topological polar surface area (TPSA) is 111 Å². The molecule has 0 bridgehead atoms. The molecule has 1 aromatic heterocycles. The Bertz CT molecular complexity index is 480. The molecular weight excluding hydrogens is 264 g/mol. The minimum Gasteiger partial charge on any atom is -0.396 e. The van der Waals surface area contributed by atoms with E-state index < -0.39 is 37.0 Å². The molecule has 1 rings (SSSR count). The summed E-state index contributed by atoms with van der Waals surface area (Å²) in [7, 11) is 0.965. The molecule has 0 saturated carbocycles. The normalized spacial score (nSPS) is 15.2. The third kappa shape index (κ3) is 3.25. The molecule has 7 nitrogen and oxygen atoms in total. The van der Waals surface area contributed by atoms with Crippen LogP contribution in [0.4, 0.5) is 14.6 Å². The van der Waals surface area contributed by atoms with Crippen LogP contribution in [0.5, 0.6) is 0 Å². The number of methoxy groups -OCH3 is 1. The van der Waals surface area contributed by atoms with Crippen LogP contribution >= 0.6 is 0 Å². The molecule has 0 aliphatic rings. The van der Waals surface area contributed by atoms with Gasteiger partial charge in [-0.15, -0.1) is 0 Å². The lowest BCUT2D eigenvalue weighted by Gasteiger charge is -2.30. The second-order valence-corrected chi connectivity index (χ2v) is 3.83. The second kappa shape index (κ2) is 6.04. The standard InChI is InChI=1S/C10H15F2N3O4/c1-19-8(10(11,12)6(17)3-5-16)15-4-2-7(13)14-9(15)18/h2,4,6,8,16-17H,3,5H2,1H3,(H2,13,14,18)/t6?,8-/m0/s1. The van der Waals surface area contributed by atoms with Crippen LogP contribution in [0.15, 0.2) is 17.1 Å². The van der Waals surface area contributed by atoms with Gasteiger partial charge in [0.25, 0.3) is 0 Å². The molecule has 0 aromatic carbocycles. The second-order valence-electron chi connectivity index (χ2n) is 3.83. The quantitative estimate of drug-likeness (QED) is 0.638. The minimum absolute atomic E-state index is 0.115. The molecular formula is C10H15F2N3O4. The summed E-state index contributed by atoms with van der Waals surface area (Å²) in [6.07, 6.45) is -3.76. The predicted molar refractivity (Wildman–Crippen MR) is 61.6 cm³/mol. The highest BCUT2D eigenvalue weighted by Crippen LogP contribution is 2.33. The number of ether oxygens (including phenoxy) is 1. The van der Waals surface area contributed by atoms with Crippen LogP contribution in [0.2, 0.25) is 0 Å². The summed E-state index contributed by atoms with van der Waals surface area (Å²) < 4.78 is 33.0. The molecule has 0 spiro atoms. The highest BCUT2D eigenvalue weighted by atomic mass is 19.3. The van der Waals surface area contributed by atoms with Crippen molar-refractivity contribution in [2.75, 3.05) is 19.5 Å². The van der Waals surface area contributed by atoms with Gasteiger partial charge in [0.2, 0.25) is 6.23 Å². The molecule has 4 N–H and O–H groups in total. The summed E-state index contributed by atoms with van der Waals surface area (Å²) in [4.78, 5) is 14.8. The lowest BCUT2D eigenvalue weighted by Crippen LogP contribution is -2.46. The van der Waals surface area contributed by atoms with Gasteiger partial charge in [0.1, 0.15) is 11.9 Å². The largest absolute Gasteiger partial charge is 0.396 e. The smallest absolute Gasteiger partial charge is 0.351 e. The summed E-state index contributed by atoms with van der Waals surface area (Å²) in [5.74, 6) is -3.89. The molecule has 0 saturated heterocycles. The van der Waals surface area contributed by atoms with Crippen molar-refractivity contribution >= 4 is 5.82 Å². The summed E-state index contributed by atoms with van der Waals surface area (Å²) in [6.45, 7) is -0.623. The van der Waals surface area contributed by atoms with Crippen molar-refractivity contribution in [3.8, 4) is 0 Å². The van der Waals surface area contributed by atoms with Gasteiger partial charge in [0.15, 0.2) is 0 Å². The summed E-state index contributed by atoms with van der Waals surface area (Å²) in [5, 5.41) is 17.9. The molecule has 0 aliphatic heterocycles. The van der Waals surface area contributed by atoms with Gasteiger partial charge in [0, 0.05) is 26.3 Å². The number of anilines is 1. The zero-order valence-corrected chi connectivity index (χ0v) is 10.2. The number of aromatic nitrogens is 2. The molecule has 1 unspecified atom stereocenters. The van der Waals surface area contributed by atoms with E-state index in [0.717, 1.165) is 19.4 Å². The van der Waals surface area contributed by atoms with Gasteiger partial charge in [-0.25, -0.2) is 4.79 Å². The fourth-order valence-corrected chi connectivity index (χ4v) is 1.54. The highest BCUT2D eigenvalue weighted by Gasteiger charge is 2.48. The van der Waals surface area contributed by atoms with Crippen LogP contribution in [0.25, 0.3) is 0 Å². The van der Waals surface area contributed by atoms with Gasteiger partial charge in [-0.3, -0.25) is 4.57 Å². The molecule has 1 heterocycles. The summed E-state index contributed by atoms with van der Waals surface area (Å²) in [5.41, 5.74) is 4.23. The lowest BCUT2D eigenvalue weighted by molar-refractivity contribution is -0.217. The van der Waals surface area contributed by atoms with Crippen molar-refractivity contribution in [1.29, 1.82) is 0 Å². The fourth-order valence-electron chi connectivity index (χ4n) is 1.54. The first-order chi connectivity index (χ1) is 8.84. The maximum absolute atomic E-state index is 13.9. The van der Waals surface area contributed by atoms with E-state index in [1.165, 1.54) is 0 Å². The SMILES string of the molecule is CO[C@H](n1ccc(N)nc1=O)C(F)(F)C(O)CCO. The van der Waals surface area contributed by atoms with Crippen molar-refractivity contribution in [3.05, 3.63) is 22.7 Å². The van der Waals surface area contributed by atoms with E-state index in [9.17, 15) is 18.7 Å². The average Bonchev–Trinajstić information content (AvgIpc) is 2.32. The Morgan fingerprint density at radius 2 is 2.26 bits per heavy atom. The first-order valence-corrected chi connectivity index (χ1v) is 5.38. The van der Waals surface area contributed by atoms with Crippen LogP contribution in [0, 0.1) is 0 Å². The molecule has 0 amide bonds. The highest BCUT2D eigenvalue weighted by molar-refractivity contribution is 5.23. The van der Waals surface area contributed by atoms with Gasteiger partial charge >= 0.3 is 11.6 Å². The first-order valence-electron chi connectivity index (χ1n) is 5.38. The number of nitrogens with two attached hydrogens (primary N) is 1. The Hall–Kier alpha value is -1.58. The van der Waals surface area contributed by atoms with E-state index in [1.807, 2.05) is 0 Å². The van der Waals surface area contributed by atoms with E-state index >= 15 is 0 Å². The van der Waals surface area contributed by atoms with Crippen LogP contribution in [0.1, 0.15) is 12.6 Å². The monoisotopic (exact) mass is 279 g/mol. The number of hydrogen-bond acceptors (Lipinski definition) is 6. The van der Waals surface area contributed by atoms with Gasteiger partial charge in [-0.05, 0) is 6.07 Å². The summed E-state index contributed by atoms with van der Waals surface area (Å²) >= 11 is 0. The van der Waals surface area contributed by atoms with Crippen LogP contribution in [0.3, 0.4) is 0 Å². The number of aliphatic hydroxyl groups excluding tert-OH is 2. The Morgan fingerprint density at radius 1 is 1.63 bits per heavy atom. The molecule has 0 fully saturated rings. The van der Waals surface area contributed by atoms with Gasteiger partial charge < -0.3 is 20.7 Å². The Labute approximate surface area is 107 Å². The van der Waals surface area contributed by atoms with E-state index in [2.05, 4.69) is 9.72 Å². The molecule has 9 heteroatoms. The number of hydrogen-bond donors (Lipinski definition) is 3. The zero-order chi connectivity index (χ0) is 14.6. The predicted octanol–water partition coefficient (Wildman–Crippen LogP) is -0.651. The average molecular weight is 279 g/mol. The number of alkyl halides is 2. The maximum atomic E-state index is 13.9. The van der Waals surface area contributed by atoms with Crippen molar-refractivity contribution < 1.29 is 23.7 Å². The molecule has 19 heavy (non-hydrogen) atoms. The van der Waals surface area contributed by atoms with Gasteiger partial charge in [0.05, 0.1) is 0 Å². The van der Waals surface area contributed by atoms with Gasteiger partial charge in [-0.1, -0.05) is 0 Å². The Morgan fingerprint density at radius 3 is 2.74 bits per heavy atom. The van der Waals surface area contributed by atoms with E-state index in [4.69, 9.17) is 10.8 Å². The van der Waals surface area contributed by atoms with Crippen molar-refractivity contribution in [2.24, 2.45) is 0 Å². The molecule has 2 atom stereocenters.